The minimum absolute atomic E-state index is 0.208. The Morgan fingerprint density at radius 1 is 1.38 bits per heavy atom. The van der Waals surface area contributed by atoms with Crippen molar-refractivity contribution in [1.29, 1.82) is 0 Å². The molecule has 1 saturated heterocycles. The lowest BCUT2D eigenvalue weighted by Gasteiger charge is -2.39. The summed E-state index contributed by atoms with van der Waals surface area (Å²) in [5, 5.41) is 0. The van der Waals surface area contributed by atoms with Crippen LogP contribution >= 0.6 is 22.6 Å². The molecule has 5 heteroatoms. The third-order valence-electron chi connectivity index (χ3n) is 1.88. The molecule has 0 saturated carbocycles. The van der Waals surface area contributed by atoms with Crippen LogP contribution in [0.4, 0.5) is 14.6 Å². The second kappa shape index (κ2) is 3.04. The number of halogens is 3. The fourth-order valence-electron chi connectivity index (χ4n) is 1.23. The third kappa shape index (κ3) is 1.90. The third-order valence-corrected chi connectivity index (χ3v) is 2.52. The number of anilines is 1. The van der Waals surface area contributed by atoms with Crippen LogP contribution in [0.5, 0.6) is 0 Å². The first kappa shape index (κ1) is 9.11. The maximum atomic E-state index is 12.5. The number of hydrogen-bond acceptors (Lipinski definition) is 2. The summed E-state index contributed by atoms with van der Waals surface area (Å²) in [5.74, 6) is -1.89. The van der Waals surface area contributed by atoms with Crippen molar-refractivity contribution in [3.05, 3.63) is 21.9 Å². The predicted molar refractivity (Wildman–Crippen MR) is 54.1 cm³/mol. The van der Waals surface area contributed by atoms with Gasteiger partial charge >= 0.3 is 0 Å². The zero-order chi connectivity index (χ0) is 9.47. The normalized spacial score (nSPS) is 19.8. The highest BCUT2D eigenvalue weighted by atomic mass is 127. The zero-order valence-corrected chi connectivity index (χ0v) is 8.83. The van der Waals surface area contributed by atoms with Gasteiger partial charge in [-0.25, -0.2) is 13.8 Å². The Balaban J connectivity index is 2.08. The Morgan fingerprint density at radius 3 is 2.54 bits per heavy atom. The SMILES string of the molecule is FC1(F)CN(c2ccc(I)cn2)C1. The molecule has 0 bridgehead atoms. The Kier molecular flexibility index (Phi) is 2.13. The second-order valence-corrected chi connectivity index (χ2v) is 4.29. The topological polar surface area (TPSA) is 16.1 Å². The average molecular weight is 296 g/mol. The summed E-state index contributed by atoms with van der Waals surface area (Å²) in [7, 11) is 0. The van der Waals surface area contributed by atoms with Crippen LogP contribution in [-0.2, 0) is 0 Å². The van der Waals surface area contributed by atoms with Gasteiger partial charge in [0.2, 0.25) is 0 Å². The smallest absolute Gasteiger partial charge is 0.282 e. The first-order valence-electron chi connectivity index (χ1n) is 3.81. The van der Waals surface area contributed by atoms with Crippen LogP contribution < -0.4 is 4.90 Å². The monoisotopic (exact) mass is 296 g/mol. The van der Waals surface area contributed by atoms with Gasteiger partial charge in [-0.15, -0.1) is 0 Å². The summed E-state index contributed by atoms with van der Waals surface area (Å²) in [5.41, 5.74) is 0. The van der Waals surface area contributed by atoms with Crippen LogP contribution in [-0.4, -0.2) is 24.0 Å². The largest absolute Gasteiger partial charge is 0.344 e. The van der Waals surface area contributed by atoms with Gasteiger partial charge < -0.3 is 4.90 Å². The average Bonchev–Trinajstić information content (AvgIpc) is 2.01. The number of rotatable bonds is 1. The van der Waals surface area contributed by atoms with Gasteiger partial charge in [0, 0.05) is 9.77 Å². The first-order chi connectivity index (χ1) is 6.07. The molecule has 0 radical (unpaired) electrons. The summed E-state index contributed by atoms with van der Waals surface area (Å²) < 4.78 is 26.0. The van der Waals surface area contributed by atoms with Gasteiger partial charge in [0.15, 0.2) is 0 Å². The molecule has 1 aromatic rings. The molecule has 1 aliphatic rings. The molecule has 0 aromatic carbocycles. The van der Waals surface area contributed by atoms with Crippen LogP contribution in [0.15, 0.2) is 18.3 Å². The summed E-state index contributed by atoms with van der Waals surface area (Å²) >= 11 is 2.13. The minimum atomic E-state index is -2.52. The van der Waals surface area contributed by atoms with Gasteiger partial charge in [0.1, 0.15) is 5.82 Å². The van der Waals surface area contributed by atoms with Gasteiger partial charge in [0.25, 0.3) is 5.92 Å². The molecular weight excluding hydrogens is 289 g/mol. The van der Waals surface area contributed by atoms with Crippen LogP contribution in [0.25, 0.3) is 0 Å². The first-order valence-corrected chi connectivity index (χ1v) is 4.89. The van der Waals surface area contributed by atoms with Crippen LogP contribution in [0, 0.1) is 3.57 Å². The van der Waals surface area contributed by atoms with Crippen molar-refractivity contribution in [3.8, 4) is 0 Å². The van der Waals surface area contributed by atoms with Crippen molar-refractivity contribution in [2.24, 2.45) is 0 Å². The number of pyridine rings is 1. The van der Waals surface area contributed by atoms with E-state index in [9.17, 15) is 8.78 Å². The summed E-state index contributed by atoms with van der Waals surface area (Å²) in [4.78, 5) is 5.62. The molecule has 0 aliphatic carbocycles. The molecule has 0 N–H and O–H groups in total. The molecule has 1 fully saturated rings. The maximum Gasteiger partial charge on any atom is 0.282 e. The lowest BCUT2D eigenvalue weighted by atomic mass is 10.1. The van der Waals surface area contributed by atoms with Crippen LogP contribution in [0.1, 0.15) is 0 Å². The van der Waals surface area contributed by atoms with E-state index in [2.05, 4.69) is 27.6 Å². The van der Waals surface area contributed by atoms with E-state index >= 15 is 0 Å². The molecule has 70 valence electrons. The van der Waals surface area contributed by atoms with Crippen LogP contribution in [0.3, 0.4) is 0 Å². The molecular formula is C8H7F2IN2. The highest BCUT2D eigenvalue weighted by molar-refractivity contribution is 14.1. The molecule has 2 nitrogen and oxygen atoms in total. The van der Waals surface area contributed by atoms with E-state index in [4.69, 9.17) is 0 Å². The number of nitrogens with zero attached hydrogens (tertiary/aromatic N) is 2. The van der Waals surface area contributed by atoms with Gasteiger partial charge in [-0.2, -0.15) is 0 Å². The van der Waals surface area contributed by atoms with Gasteiger partial charge in [-0.3, -0.25) is 0 Å². The van der Waals surface area contributed by atoms with Gasteiger partial charge in [-0.05, 0) is 34.7 Å². The van der Waals surface area contributed by atoms with Crippen molar-refractivity contribution < 1.29 is 8.78 Å². The van der Waals surface area contributed by atoms with Crippen molar-refractivity contribution in [2.75, 3.05) is 18.0 Å². The lowest BCUT2D eigenvalue weighted by molar-refractivity contribution is -0.0267. The fourth-order valence-corrected chi connectivity index (χ4v) is 1.55. The molecule has 0 amide bonds. The Bertz CT molecular complexity index is 304. The quantitative estimate of drug-likeness (QED) is 0.738. The second-order valence-electron chi connectivity index (χ2n) is 3.05. The highest BCUT2D eigenvalue weighted by Crippen LogP contribution is 2.30. The van der Waals surface area contributed by atoms with E-state index in [0.717, 1.165) is 3.57 Å². The van der Waals surface area contributed by atoms with Crippen molar-refractivity contribution >= 4 is 28.4 Å². The Labute approximate surface area is 88.1 Å². The van der Waals surface area contributed by atoms with Crippen LogP contribution in [0.2, 0.25) is 0 Å². The van der Waals surface area contributed by atoms with Crippen molar-refractivity contribution in [1.82, 2.24) is 4.98 Å². The number of alkyl halides is 2. The molecule has 1 aliphatic heterocycles. The van der Waals surface area contributed by atoms with E-state index in [-0.39, 0.29) is 13.1 Å². The summed E-state index contributed by atoms with van der Waals surface area (Å²) in [6.45, 7) is -0.415. The van der Waals surface area contributed by atoms with Crippen molar-refractivity contribution in [2.45, 2.75) is 5.92 Å². The maximum absolute atomic E-state index is 12.5. The molecule has 2 rings (SSSR count). The fraction of sp³-hybridized carbons (Fsp3) is 0.375. The summed E-state index contributed by atoms with van der Waals surface area (Å²) in [6, 6.07) is 3.62. The number of hydrogen-bond donors (Lipinski definition) is 0. The Morgan fingerprint density at radius 2 is 2.08 bits per heavy atom. The molecule has 1 aromatic heterocycles. The van der Waals surface area contributed by atoms with E-state index in [1.54, 1.807) is 17.2 Å². The summed E-state index contributed by atoms with van der Waals surface area (Å²) in [6.07, 6.45) is 1.67. The predicted octanol–water partition coefficient (Wildman–Crippen LogP) is 2.14. The lowest BCUT2D eigenvalue weighted by Crippen LogP contribution is -2.56. The van der Waals surface area contributed by atoms with E-state index < -0.39 is 5.92 Å². The zero-order valence-electron chi connectivity index (χ0n) is 6.67. The van der Waals surface area contributed by atoms with Gasteiger partial charge in [-0.1, -0.05) is 0 Å². The highest BCUT2D eigenvalue weighted by Gasteiger charge is 2.44. The Hall–Kier alpha value is -0.460. The molecule has 13 heavy (non-hydrogen) atoms. The van der Waals surface area contributed by atoms with E-state index in [1.165, 1.54) is 0 Å². The molecule has 0 spiro atoms. The molecule has 2 heterocycles. The molecule has 0 atom stereocenters. The van der Waals surface area contributed by atoms with Crippen molar-refractivity contribution in [3.63, 3.8) is 0 Å². The standard InChI is InChI=1S/C8H7F2IN2/c9-8(10)4-13(5-8)7-2-1-6(11)3-12-7/h1-3H,4-5H2. The molecule has 0 unspecified atom stereocenters. The van der Waals surface area contributed by atoms with E-state index in [0.29, 0.717) is 5.82 Å². The number of aromatic nitrogens is 1. The van der Waals surface area contributed by atoms with Gasteiger partial charge in [0.05, 0.1) is 13.1 Å². The minimum Gasteiger partial charge on any atom is -0.344 e. The van der Waals surface area contributed by atoms with E-state index in [1.807, 2.05) is 6.07 Å².